The summed E-state index contributed by atoms with van der Waals surface area (Å²) in [6, 6.07) is 11.4. The molecule has 0 aliphatic heterocycles. The van der Waals surface area contributed by atoms with E-state index in [2.05, 4.69) is 15.3 Å². The average molecular weight is 335 g/mol. The highest BCUT2D eigenvalue weighted by Gasteiger charge is 2.15. The second-order valence-electron chi connectivity index (χ2n) is 5.27. The van der Waals surface area contributed by atoms with E-state index in [-0.39, 0.29) is 5.91 Å². The average Bonchev–Trinajstić information content (AvgIpc) is 3.22. The van der Waals surface area contributed by atoms with Crippen LogP contribution in [0.4, 0.5) is 5.13 Å². The Bertz CT molecular complexity index is 992. The Balaban J connectivity index is 1.50. The Kier molecular flexibility index (Phi) is 3.80. The Morgan fingerprint density at radius 1 is 1.17 bits per heavy atom. The molecule has 1 N–H and O–H groups in total. The number of furan rings is 1. The van der Waals surface area contributed by atoms with E-state index in [1.165, 1.54) is 17.6 Å². The molecule has 4 aromatic rings. The number of carbonyl (C=O) groups excluding carboxylic acids is 1. The molecule has 6 heteroatoms. The fourth-order valence-electron chi connectivity index (χ4n) is 2.47. The summed E-state index contributed by atoms with van der Waals surface area (Å²) in [6.45, 7) is 0. The molecule has 5 nitrogen and oxygen atoms in total. The molecule has 0 aliphatic rings. The molecule has 0 atom stereocenters. The third kappa shape index (κ3) is 2.91. The van der Waals surface area contributed by atoms with Crippen LogP contribution in [0, 0.1) is 0 Å². The molecule has 3 aromatic heterocycles. The van der Waals surface area contributed by atoms with Gasteiger partial charge in [0.05, 0.1) is 5.56 Å². The predicted molar refractivity (Wildman–Crippen MR) is 93.3 cm³/mol. The summed E-state index contributed by atoms with van der Waals surface area (Å²) in [5.74, 6) is -0.220. The predicted octanol–water partition coefficient (Wildman–Crippen LogP) is 4.13. The lowest BCUT2D eigenvalue weighted by Gasteiger charge is -1.99. The van der Waals surface area contributed by atoms with Crippen LogP contribution in [0.25, 0.3) is 11.0 Å². The third-order valence-electron chi connectivity index (χ3n) is 3.60. The van der Waals surface area contributed by atoms with Crippen LogP contribution in [0.15, 0.2) is 65.7 Å². The lowest BCUT2D eigenvalue weighted by atomic mass is 10.2. The SMILES string of the molecule is O=C(Nc1ncc(Cc2cccnc2)s1)c1coc2ccccc12. The molecule has 1 aromatic carbocycles. The number of carbonyl (C=O) groups is 1. The van der Waals surface area contributed by atoms with Crippen molar-refractivity contribution in [2.24, 2.45) is 0 Å². The van der Waals surface area contributed by atoms with E-state index in [4.69, 9.17) is 4.42 Å². The number of hydrogen-bond donors (Lipinski definition) is 1. The van der Waals surface area contributed by atoms with Gasteiger partial charge < -0.3 is 4.42 Å². The van der Waals surface area contributed by atoms with Crippen LogP contribution in [-0.4, -0.2) is 15.9 Å². The highest BCUT2D eigenvalue weighted by Crippen LogP contribution is 2.24. The smallest absolute Gasteiger partial charge is 0.261 e. The van der Waals surface area contributed by atoms with Crippen molar-refractivity contribution in [3.05, 3.63) is 77.3 Å². The second-order valence-corrected chi connectivity index (χ2v) is 6.38. The number of thiazole rings is 1. The lowest BCUT2D eigenvalue weighted by molar-refractivity contribution is 0.102. The number of para-hydroxylation sites is 1. The fraction of sp³-hybridized carbons (Fsp3) is 0.0556. The van der Waals surface area contributed by atoms with Crippen molar-refractivity contribution >= 4 is 33.3 Å². The van der Waals surface area contributed by atoms with Crippen LogP contribution in [0.1, 0.15) is 20.8 Å². The van der Waals surface area contributed by atoms with Gasteiger partial charge in [-0.3, -0.25) is 15.1 Å². The minimum absolute atomic E-state index is 0.220. The highest BCUT2D eigenvalue weighted by atomic mass is 32.1. The number of aromatic nitrogens is 2. The van der Waals surface area contributed by atoms with Crippen LogP contribution in [0.3, 0.4) is 0 Å². The molecule has 0 spiro atoms. The largest absolute Gasteiger partial charge is 0.463 e. The number of benzene rings is 1. The van der Waals surface area contributed by atoms with Gasteiger partial charge in [-0.05, 0) is 17.7 Å². The summed E-state index contributed by atoms with van der Waals surface area (Å²) in [6.07, 6.45) is 7.58. The monoisotopic (exact) mass is 335 g/mol. The Morgan fingerprint density at radius 2 is 2.08 bits per heavy atom. The molecule has 4 rings (SSSR count). The number of amides is 1. The first-order valence-corrected chi connectivity index (χ1v) is 8.22. The van der Waals surface area contributed by atoms with Gasteiger partial charge in [0.1, 0.15) is 11.8 Å². The molecule has 0 fully saturated rings. The molecule has 0 aliphatic carbocycles. The maximum absolute atomic E-state index is 12.4. The zero-order valence-corrected chi connectivity index (χ0v) is 13.4. The highest BCUT2D eigenvalue weighted by molar-refractivity contribution is 7.15. The van der Waals surface area contributed by atoms with E-state index in [9.17, 15) is 4.79 Å². The number of rotatable bonds is 4. The summed E-state index contributed by atoms with van der Waals surface area (Å²) in [7, 11) is 0. The molecule has 0 saturated heterocycles. The minimum atomic E-state index is -0.220. The van der Waals surface area contributed by atoms with E-state index in [0.29, 0.717) is 16.3 Å². The number of fused-ring (bicyclic) bond motifs is 1. The van der Waals surface area contributed by atoms with E-state index >= 15 is 0 Å². The van der Waals surface area contributed by atoms with Crippen molar-refractivity contribution in [3.8, 4) is 0 Å². The van der Waals surface area contributed by atoms with Crippen molar-refractivity contribution in [2.45, 2.75) is 6.42 Å². The Hall–Kier alpha value is -2.99. The van der Waals surface area contributed by atoms with E-state index in [0.717, 1.165) is 22.2 Å². The Labute approximate surface area is 142 Å². The van der Waals surface area contributed by atoms with Crippen molar-refractivity contribution in [1.82, 2.24) is 9.97 Å². The number of anilines is 1. The quantitative estimate of drug-likeness (QED) is 0.609. The number of hydrogen-bond acceptors (Lipinski definition) is 5. The van der Waals surface area contributed by atoms with Crippen LogP contribution < -0.4 is 5.32 Å². The summed E-state index contributed by atoms with van der Waals surface area (Å²) >= 11 is 1.46. The van der Waals surface area contributed by atoms with Gasteiger partial charge in [0.25, 0.3) is 5.91 Å². The molecular formula is C18H13N3O2S. The molecule has 1 amide bonds. The minimum Gasteiger partial charge on any atom is -0.463 e. The summed E-state index contributed by atoms with van der Waals surface area (Å²) in [5.41, 5.74) is 2.31. The van der Waals surface area contributed by atoms with Crippen molar-refractivity contribution in [3.63, 3.8) is 0 Å². The Morgan fingerprint density at radius 3 is 2.96 bits per heavy atom. The van der Waals surface area contributed by atoms with Gasteiger partial charge in [-0.2, -0.15) is 0 Å². The maximum Gasteiger partial charge on any atom is 0.261 e. The summed E-state index contributed by atoms with van der Waals surface area (Å²) in [4.78, 5) is 21.9. The molecule has 0 unspecified atom stereocenters. The van der Waals surface area contributed by atoms with Crippen LogP contribution in [0.2, 0.25) is 0 Å². The van der Waals surface area contributed by atoms with Gasteiger partial charge in [-0.1, -0.05) is 24.3 Å². The van der Waals surface area contributed by atoms with Crippen LogP contribution in [-0.2, 0) is 6.42 Å². The topological polar surface area (TPSA) is 68.0 Å². The van der Waals surface area contributed by atoms with Crippen molar-refractivity contribution < 1.29 is 9.21 Å². The lowest BCUT2D eigenvalue weighted by Crippen LogP contribution is -2.10. The summed E-state index contributed by atoms with van der Waals surface area (Å²) < 4.78 is 5.41. The zero-order chi connectivity index (χ0) is 16.4. The van der Waals surface area contributed by atoms with Crippen molar-refractivity contribution in [1.29, 1.82) is 0 Å². The molecule has 0 radical (unpaired) electrons. The normalized spacial score (nSPS) is 10.8. The summed E-state index contributed by atoms with van der Waals surface area (Å²) in [5, 5.41) is 4.20. The van der Waals surface area contributed by atoms with E-state index in [1.807, 2.05) is 42.6 Å². The molecule has 3 heterocycles. The van der Waals surface area contributed by atoms with E-state index < -0.39 is 0 Å². The standard InChI is InChI=1S/C18H13N3O2S/c22-17(15-11-23-16-6-2-1-5-14(15)16)21-18-20-10-13(24-18)8-12-4-3-7-19-9-12/h1-7,9-11H,8H2,(H,20,21,22). The van der Waals surface area contributed by atoms with Gasteiger partial charge in [-0.15, -0.1) is 11.3 Å². The number of nitrogens with zero attached hydrogens (tertiary/aromatic N) is 2. The molecule has 0 bridgehead atoms. The number of nitrogens with one attached hydrogen (secondary N) is 1. The molecule has 24 heavy (non-hydrogen) atoms. The number of pyridine rings is 1. The molecule has 0 saturated carbocycles. The van der Waals surface area contributed by atoms with Gasteiger partial charge >= 0.3 is 0 Å². The van der Waals surface area contributed by atoms with Gasteiger partial charge in [0.15, 0.2) is 5.13 Å². The van der Waals surface area contributed by atoms with Gasteiger partial charge in [0.2, 0.25) is 0 Å². The molecular weight excluding hydrogens is 322 g/mol. The van der Waals surface area contributed by atoms with Gasteiger partial charge in [0, 0.05) is 35.3 Å². The third-order valence-corrected chi connectivity index (χ3v) is 4.51. The maximum atomic E-state index is 12.4. The van der Waals surface area contributed by atoms with Crippen LogP contribution >= 0.6 is 11.3 Å². The second kappa shape index (κ2) is 6.25. The molecule has 118 valence electrons. The first kappa shape index (κ1) is 14.6. The van der Waals surface area contributed by atoms with Gasteiger partial charge in [-0.25, -0.2) is 4.98 Å². The van der Waals surface area contributed by atoms with Crippen LogP contribution in [0.5, 0.6) is 0 Å². The fourth-order valence-corrected chi connectivity index (χ4v) is 3.31. The first-order chi connectivity index (χ1) is 11.8. The first-order valence-electron chi connectivity index (χ1n) is 7.41. The van der Waals surface area contributed by atoms with E-state index in [1.54, 1.807) is 12.4 Å². The zero-order valence-electron chi connectivity index (χ0n) is 12.6. The van der Waals surface area contributed by atoms with Crippen molar-refractivity contribution in [2.75, 3.05) is 5.32 Å².